The Morgan fingerprint density at radius 1 is 1.24 bits per heavy atom. The third-order valence-corrected chi connectivity index (χ3v) is 3.17. The fourth-order valence-corrected chi connectivity index (χ4v) is 1.91. The Hall–Kier alpha value is -2.21. The van der Waals surface area contributed by atoms with Gasteiger partial charge < -0.3 is 19.9 Å². The van der Waals surface area contributed by atoms with Crippen molar-refractivity contribution >= 4 is 27.5 Å². The standard InChI is InChI=1S/C15H14BrNO4/c1-20-14-7-4-11(8-13(14)18)17-15(19)9-21-12-5-2-10(16)3-6-12/h2-8,18H,9H2,1H3,(H,17,19). The highest BCUT2D eigenvalue weighted by Crippen LogP contribution is 2.28. The molecule has 0 unspecified atom stereocenters. The van der Waals surface area contributed by atoms with Crippen molar-refractivity contribution in [2.45, 2.75) is 0 Å². The number of benzene rings is 2. The third kappa shape index (κ3) is 4.39. The Morgan fingerprint density at radius 3 is 2.57 bits per heavy atom. The van der Waals surface area contributed by atoms with E-state index in [1.165, 1.54) is 13.2 Å². The molecule has 1 amide bonds. The number of ether oxygens (including phenoxy) is 2. The number of methoxy groups -OCH3 is 1. The van der Waals surface area contributed by atoms with Gasteiger partial charge in [-0.2, -0.15) is 0 Å². The number of rotatable bonds is 5. The van der Waals surface area contributed by atoms with Gasteiger partial charge in [-0.05, 0) is 36.4 Å². The van der Waals surface area contributed by atoms with Gasteiger partial charge in [0, 0.05) is 16.2 Å². The summed E-state index contributed by atoms with van der Waals surface area (Å²) in [6.07, 6.45) is 0. The van der Waals surface area contributed by atoms with Crippen LogP contribution in [0.5, 0.6) is 17.2 Å². The molecule has 2 rings (SSSR count). The first-order valence-corrected chi connectivity index (χ1v) is 6.93. The fourth-order valence-electron chi connectivity index (χ4n) is 1.64. The Morgan fingerprint density at radius 2 is 1.95 bits per heavy atom. The first-order chi connectivity index (χ1) is 10.1. The van der Waals surface area contributed by atoms with Crippen LogP contribution in [0.15, 0.2) is 46.9 Å². The number of aromatic hydroxyl groups is 1. The maximum absolute atomic E-state index is 11.8. The van der Waals surface area contributed by atoms with Crippen LogP contribution in [-0.4, -0.2) is 24.7 Å². The van der Waals surface area contributed by atoms with Gasteiger partial charge >= 0.3 is 0 Å². The number of carbonyl (C=O) groups excluding carboxylic acids is 1. The molecule has 0 spiro atoms. The second kappa shape index (κ2) is 6.99. The minimum atomic E-state index is -0.317. The number of phenolic OH excluding ortho intramolecular Hbond substituents is 1. The van der Waals surface area contributed by atoms with E-state index in [9.17, 15) is 9.90 Å². The molecule has 0 heterocycles. The smallest absolute Gasteiger partial charge is 0.262 e. The second-order valence-corrected chi connectivity index (χ2v) is 5.09. The molecule has 0 bridgehead atoms. The van der Waals surface area contributed by atoms with E-state index in [0.29, 0.717) is 17.2 Å². The monoisotopic (exact) mass is 351 g/mol. The molecule has 0 saturated carbocycles. The van der Waals surface area contributed by atoms with E-state index in [0.717, 1.165) is 4.47 Å². The third-order valence-electron chi connectivity index (χ3n) is 2.65. The van der Waals surface area contributed by atoms with Gasteiger partial charge in [-0.1, -0.05) is 15.9 Å². The molecule has 0 aromatic heterocycles. The van der Waals surface area contributed by atoms with Crippen LogP contribution in [0.4, 0.5) is 5.69 Å². The van der Waals surface area contributed by atoms with E-state index in [4.69, 9.17) is 9.47 Å². The van der Waals surface area contributed by atoms with Gasteiger partial charge in [0.25, 0.3) is 5.91 Å². The van der Waals surface area contributed by atoms with Gasteiger partial charge in [0.1, 0.15) is 5.75 Å². The van der Waals surface area contributed by atoms with Crippen LogP contribution in [0.25, 0.3) is 0 Å². The van der Waals surface area contributed by atoms with E-state index < -0.39 is 0 Å². The van der Waals surface area contributed by atoms with Crippen LogP contribution in [0, 0.1) is 0 Å². The molecular formula is C15H14BrNO4. The Bertz CT molecular complexity index is 628. The van der Waals surface area contributed by atoms with Crippen molar-refractivity contribution in [3.63, 3.8) is 0 Å². The predicted octanol–water partition coefficient (Wildman–Crippen LogP) is 3.18. The molecule has 5 nitrogen and oxygen atoms in total. The minimum absolute atomic E-state index is 0.0378. The van der Waals surface area contributed by atoms with Crippen molar-refractivity contribution in [2.75, 3.05) is 19.0 Å². The second-order valence-electron chi connectivity index (χ2n) is 4.18. The van der Waals surface area contributed by atoms with Crippen molar-refractivity contribution in [3.05, 3.63) is 46.9 Å². The van der Waals surface area contributed by atoms with Gasteiger partial charge in [-0.3, -0.25) is 4.79 Å². The highest BCUT2D eigenvalue weighted by molar-refractivity contribution is 9.10. The molecule has 2 aromatic carbocycles. The van der Waals surface area contributed by atoms with Gasteiger partial charge in [-0.15, -0.1) is 0 Å². The summed E-state index contributed by atoms with van der Waals surface area (Å²) in [5, 5.41) is 12.3. The molecule has 0 atom stereocenters. The lowest BCUT2D eigenvalue weighted by molar-refractivity contribution is -0.118. The lowest BCUT2D eigenvalue weighted by atomic mass is 10.2. The van der Waals surface area contributed by atoms with E-state index in [2.05, 4.69) is 21.2 Å². The maximum Gasteiger partial charge on any atom is 0.262 e. The summed E-state index contributed by atoms with van der Waals surface area (Å²) in [6, 6.07) is 11.8. The van der Waals surface area contributed by atoms with Crippen molar-refractivity contribution in [3.8, 4) is 17.2 Å². The number of nitrogens with one attached hydrogen (secondary N) is 1. The molecule has 21 heavy (non-hydrogen) atoms. The van der Waals surface area contributed by atoms with E-state index in [1.807, 2.05) is 12.1 Å². The number of halogens is 1. The predicted molar refractivity (Wildman–Crippen MR) is 82.9 cm³/mol. The normalized spacial score (nSPS) is 10.0. The molecule has 6 heteroatoms. The summed E-state index contributed by atoms with van der Waals surface area (Å²) in [5.74, 6) is 0.594. The Kier molecular flexibility index (Phi) is 5.05. The topological polar surface area (TPSA) is 67.8 Å². The highest BCUT2D eigenvalue weighted by Gasteiger charge is 2.07. The first-order valence-electron chi connectivity index (χ1n) is 6.13. The quantitative estimate of drug-likeness (QED) is 0.867. The summed E-state index contributed by atoms with van der Waals surface area (Å²) in [7, 11) is 1.46. The van der Waals surface area contributed by atoms with Gasteiger partial charge in [0.05, 0.1) is 7.11 Å². The van der Waals surface area contributed by atoms with Crippen LogP contribution < -0.4 is 14.8 Å². The van der Waals surface area contributed by atoms with Crippen molar-refractivity contribution in [2.24, 2.45) is 0 Å². The molecule has 110 valence electrons. The summed E-state index contributed by atoms with van der Waals surface area (Å²) >= 11 is 3.32. The van der Waals surface area contributed by atoms with Crippen LogP contribution in [-0.2, 0) is 4.79 Å². The summed E-state index contributed by atoms with van der Waals surface area (Å²) in [4.78, 5) is 11.8. The van der Waals surface area contributed by atoms with Crippen LogP contribution in [0.2, 0.25) is 0 Å². The summed E-state index contributed by atoms with van der Waals surface area (Å²) < 4.78 is 11.2. The van der Waals surface area contributed by atoms with E-state index >= 15 is 0 Å². The minimum Gasteiger partial charge on any atom is -0.504 e. The van der Waals surface area contributed by atoms with Gasteiger partial charge in [-0.25, -0.2) is 0 Å². The molecule has 0 aliphatic rings. The molecule has 0 fully saturated rings. The van der Waals surface area contributed by atoms with E-state index in [1.54, 1.807) is 24.3 Å². The maximum atomic E-state index is 11.8. The number of anilines is 1. The Balaban J connectivity index is 1.89. The zero-order valence-electron chi connectivity index (χ0n) is 11.3. The lowest BCUT2D eigenvalue weighted by Crippen LogP contribution is -2.20. The number of hydrogen-bond acceptors (Lipinski definition) is 4. The average Bonchev–Trinajstić information content (AvgIpc) is 2.47. The van der Waals surface area contributed by atoms with Crippen LogP contribution in [0.1, 0.15) is 0 Å². The molecule has 2 aromatic rings. The number of amides is 1. The van der Waals surface area contributed by atoms with Crippen molar-refractivity contribution in [1.82, 2.24) is 0 Å². The van der Waals surface area contributed by atoms with Crippen molar-refractivity contribution in [1.29, 1.82) is 0 Å². The number of hydrogen-bond donors (Lipinski definition) is 2. The van der Waals surface area contributed by atoms with Crippen molar-refractivity contribution < 1.29 is 19.4 Å². The molecular weight excluding hydrogens is 338 g/mol. The van der Waals surface area contributed by atoms with Gasteiger partial charge in [0.15, 0.2) is 18.1 Å². The highest BCUT2D eigenvalue weighted by atomic mass is 79.9. The van der Waals surface area contributed by atoms with Crippen LogP contribution in [0.3, 0.4) is 0 Å². The zero-order valence-corrected chi connectivity index (χ0v) is 12.9. The Labute approximate surface area is 130 Å². The summed E-state index contributed by atoms with van der Waals surface area (Å²) in [5.41, 5.74) is 0.470. The van der Waals surface area contributed by atoms with Gasteiger partial charge in [0.2, 0.25) is 0 Å². The van der Waals surface area contributed by atoms with Crippen LogP contribution >= 0.6 is 15.9 Å². The zero-order chi connectivity index (χ0) is 15.2. The molecule has 0 aliphatic heterocycles. The summed E-state index contributed by atoms with van der Waals surface area (Å²) in [6.45, 7) is -0.117. The first kappa shape index (κ1) is 15.2. The molecule has 0 radical (unpaired) electrons. The lowest BCUT2D eigenvalue weighted by Gasteiger charge is -2.09. The number of phenols is 1. The van der Waals surface area contributed by atoms with E-state index in [-0.39, 0.29) is 18.3 Å². The number of carbonyl (C=O) groups is 1. The SMILES string of the molecule is COc1ccc(NC(=O)COc2ccc(Br)cc2)cc1O. The molecule has 2 N–H and O–H groups in total. The average molecular weight is 352 g/mol. The fraction of sp³-hybridized carbons (Fsp3) is 0.133. The largest absolute Gasteiger partial charge is 0.504 e. The molecule has 0 aliphatic carbocycles. The molecule has 0 saturated heterocycles.